The number of halogens is 4. The molecule has 1 aromatic carbocycles. The number of alkyl halides is 3. The van der Waals surface area contributed by atoms with Gasteiger partial charge in [-0.25, -0.2) is 18.4 Å². The molecule has 2 aromatic heterocycles. The third-order valence-corrected chi connectivity index (χ3v) is 6.68. The zero-order valence-corrected chi connectivity index (χ0v) is 20.6. The van der Waals surface area contributed by atoms with Gasteiger partial charge in [0.1, 0.15) is 5.56 Å². The van der Waals surface area contributed by atoms with Gasteiger partial charge < -0.3 is 14.8 Å². The van der Waals surface area contributed by atoms with E-state index in [1.807, 2.05) is 0 Å². The second kappa shape index (κ2) is 9.57. The predicted molar refractivity (Wildman–Crippen MR) is 124 cm³/mol. The molecule has 9 nitrogen and oxygen atoms in total. The lowest BCUT2D eigenvalue weighted by atomic mass is 10.1. The van der Waals surface area contributed by atoms with E-state index in [2.05, 4.69) is 20.5 Å². The third kappa shape index (κ3) is 5.63. The van der Waals surface area contributed by atoms with Crippen LogP contribution in [0.25, 0.3) is 0 Å². The Morgan fingerprint density at radius 1 is 1.19 bits per heavy atom. The summed E-state index contributed by atoms with van der Waals surface area (Å²) in [6, 6.07) is 6.62. The maximum atomic E-state index is 15.0. The zero-order valence-electron chi connectivity index (χ0n) is 19.8. The van der Waals surface area contributed by atoms with Crippen LogP contribution in [0.1, 0.15) is 46.1 Å². The molecule has 4 rings (SSSR count). The lowest BCUT2D eigenvalue weighted by molar-refractivity contribution is -0.142. The van der Waals surface area contributed by atoms with Gasteiger partial charge in [-0.1, -0.05) is 6.07 Å². The minimum atomic E-state index is -4.94. The highest BCUT2D eigenvalue weighted by Gasteiger charge is 2.38. The number of nitrogens with one attached hydrogen (secondary N) is 2. The Bertz CT molecular complexity index is 1490. The van der Waals surface area contributed by atoms with Crippen LogP contribution in [-0.2, 0) is 15.9 Å². The Morgan fingerprint density at radius 2 is 1.89 bits per heavy atom. The number of methoxy groups -OCH3 is 1. The van der Waals surface area contributed by atoms with E-state index in [0.717, 1.165) is 25.8 Å². The average Bonchev–Trinajstić information content (AvgIpc) is 3.64. The van der Waals surface area contributed by atoms with Crippen molar-refractivity contribution in [2.24, 2.45) is 0 Å². The second-order valence-electron chi connectivity index (χ2n) is 8.42. The summed E-state index contributed by atoms with van der Waals surface area (Å²) in [5.41, 5.74) is -2.22. The standard InChI is InChI=1S/C23H21F4N5O4S/c1-11-17(20(33)29-13-5-4-6-14(9-13)37(3,28)34)21(32-31-19(11)23(25,26)27)36-18-15(24)10-16(12-7-8-12)30-22(18)35-2/h4-6,9-10,12,28H,7-8H2,1-3H3,(H,29,33). The van der Waals surface area contributed by atoms with Crippen molar-refractivity contribution in [1.82, 2.24) is 15.2 Å². The molecule has 1 fully saturated rings. The van der Waals surface area contributed by atoms with E-state index in [0.29, 0.717) is 5.69 Å². The molecule has 1 saturated carbocycles. The monoisotopic (exact) mass is 539 g/mol. The number of hydrogen-bond acceptors (Lipinski definition) is 8. The highest BCUT2D eigenvalue weighted by molar-refractivity contribution is 7.91. The quantitative estimate of drug-likeness (QED) is 0.390. The Hall–Kier alpha value is -3.81. The molecule has 2 N–H and O–H groups in total. The molecular weight excluding hydrogens is 518 g/mol. The van der Waals surface area contributed by atoms with Crippen LogP contribution in [-0.4, -0.2) is 38.7 Å². The van der Waals surface area contributed by atoms with Gasteiger partial charge >= 0.3 is 6.18 Å². The molecular formula is C23H21F4N5O4S. The Balaban J connectivity index is 1.78. The molecule has 1 unspecified atom stereocenters. The van der Waals surface area contributed by atoms with E-state index in [9.17, 15) is 26.6 Å². The number of carbonyl (C=O) groups excluding carboxylic acids is 1. The summed E-state index contributed by atoms with van der Waals surface area (Å²) in [7, 11) is -1.92. The van der Waals surface area contributed by atoms with Gasteiger partial charge in [0.15, 0.2) is 11.5 Å². The first-order valence-electron chi connectivity index (χ1n) is 10.8. The predicted octanol–water partition coefficient (Wildman–Crippen LogP) is 5.30. The highest BCUT2D eigenvalue weighted by Crippen LogP contribution is 2.43. The number of pyridine rings is 1. The van der Waals surface area contributed by atoms with Gasteiger partial charge in [0.25, 0.3) is 17.7 Å². The number of anilines is 1. The van der Waals surface area contributed by atoms with Gasteiger partial charge in [0.05, 0.1) is 22.5 Å². The summed E-state index contributed by atoms with van der Waals surface area (Å²) in [4.78, 5) is 17.5. The molecule has 196 valence electrons. The SMILES string of the molecule is COc1nc(C2CC2)cc(F)c1Oc1nnc(C(F)(F)F)c(C)c1C(=O)Nc1cccc(S(C)(=N)=O)c1. The number of carbonyl (C=O) groups is 1. The fourth-order valence-corrected chi connectivity index (χ4v) is 4.22. The van der Waals surface area contributed by atoms with Gasteiger partial charge in [0.2, 0.25) is 5.75 Å². The second-order valence-corrected chi connectivity index (χ2v) is 10.6. The van der Waals surface area contributed by atoms with Crippen LogP contribution in [0, 0.1) is 17.5 Å². The van der Waals surface area contributed by atoms with Crippen LogP contribution < -0.4 is 14.8 Å². The van der Waals surface area contributed by atoms with E-state index in [-0.39, 0.29) is 22.4 Å². The number of aromatic nitrogens is 3. The minimum absolute atomic E-state index is 0.0549. The van der Waals surface area contributed by atoms with Gasteiger partial charge in [-0.15, -0.1) is 10.2 Å². The molecule has 0 radical (unpaired) electrons. The largest absolute Gasteiger partial charge is 0.478 e. The number of ether oxygens (including phenoxy) is 2. The molecule has 0 bridgehead atoms. The van der Waals surface area contributed by atoms with Crippen molar-refractivity contribution in [2.75, 3.05) is 18.7 Å². The smallest absolute Gasteiger partial charge is 0.435 e. The molecule has 1 atom stereocenters. The number of rotatable bonds is 7. The zero-order chi connectivity index (χ0) is 27.1. The lowest BCUT2D eigenvalue weighted by Crippen LogP contribution is -2.21. The number of hydrogen-bond donors (Lipinski definition) is 2. The minimum Gasteiger partial charge on any atom is -0.478 e. The van der Waals surface area contributed by atoms with Gasteiger partial charge in [-0.2, -0.15) is 13.2 Å². The van der Waals surface area contributed by atoms with Crippen molar-refractivity contribution in [3.05, 3.63) is 58.7 Å². The normalized spacial score (nSPS) is 15.1. The van der Waals surface area contributed by atoms with Crippen LogP contribution >= 0.6 is 0 Å². The molecule has 14 heteroatoms. The summed E-state index contributed by atoms with van der Waals surface area (Å²) < 4.78 is 86.0. The summed E-state index contributed by atoms with van der Waals surface area (Å²) >= 11 is 0. The Kier molecular flexibility index (Phi) is 6.79. The Morgan fingerprint density at radius 3 is 2.49 bits per heavy atom. The van der Waals surface area contributed by atoms with Crippen LogP contribution in [0.15, 0.2) is 35.2 Å². The fraction of sp³-hybridized carbons (Fsp3) is 0.304. The average molecular weight is 540 g/mol. The molecule has 0 spiro atoms. The van der Waals surface area contributed by atoms with Gasteiger partial charge in [-0.3, -0.25) is 4.79 Å². The van der Waals surface area contributed by atoms with Gasteiger partial charge in [0, 0.05) is 22.8 Å². The van der Waals surface area contributed by atoms with E-state index >= 15 is 0 Å². The van der Waals surface area contributed by atoms with Crippen molar-refractivity contribution >= 4 is 21.3 Å². The van der Waals surface area contributed by atoms with Crippen molar-refractivity contribution in [1.29, 1.82) is 4.78 Å². The molecule has 0 aliphatic heterocycles. The first kappa shape index (κ1) is 26.3. The molecule has 1 aliphatic carbocycles. The van der Waals surface area contributed by atoms with Crippen molar-refractivity contribution in [3.63, 3.8) is 0 Å². The highest BCUT2D eigenvalue weighted by atomic mass is 32.2. The fourth-order valence-electron chi connectivity index (χ4n) is 3.53. The maximum Gasteiger partial charge on any atom is 0.435 e. The van der Waals surface area contributed by atoms with Crippen molar-refractivity contribution < 1.29 is 36.0 Å². The molecule has 1 aliphatic rings. The maximum absolute atomic E-state index is 15.0. The summed E-state index contributed by atoms with van der Waals surface area (Å²) in [5.74, 6) is -3.47. The molecule has 1 amide bonds. The third-order valence-electron chi connectivity index (χ3n) is 5.53. The lowest BCUT2D eigenvalue weighted by Gasteiger charge is -2.17. The van der Waals surface area contributed by atoms with Crippen LogP contribution in [0.3, 0.4) is 0 Å². The van der Waals surface area contributed by atoms with E-state index < -0.39 is 56.1 Å². The first-order chi connectivity index (χ1) is 17.3. The Labute approximate surface area is 209 Å². The number of amides is 1. The van der Waals surface area contributed by atoms with Crippen molar-refractivity contribution in [3.8, 4) is 17.5 Å². The van der Waals surface area contributed by atoms with E-state index in [1.165, 1.54) is 37.6 Å². The van der Waals surface area contributed by atoms with Gasteiger partial charge in [-0.05, 0) is 49.6 Å². The van der Waals surface area contributed by atoms with Crippen molar-refractivity contribution in [2.45, 2.75) is 36.8 Å². The molecule has 3 aromatic rings. The summed E-state index contributed by atoms with van der Waals surface area (Å²) in [6.45, 7) is 1.00. The topological polar surface area (TPSA) is 127 Å². The number of nitrogens with zero attached hydrogens (tertiary/aromatic N) is 3. The summed E-state index contributed by atoms with van der Waals surface area (Å²) in [5, 5.41) is 8.97. The van der Waals surface area contributed by atoms with Crippen LogP contribution in [0.2, 0.25) is 0 Å². The van der Waals surface area contributed by atoms with Crippen LogP contribution in [0.4, 0.5) is 23.2 Å². The molecule has 37 heavy (non-hydrogen) atoms. The number of benzene rings is 1. The first-order valence-corrected chi connectivity index (χ1v) is 12.8. The molecule has 2 heterocycles. The summed E-state index contributed by atoms with van der Waals surface area (Å²) in [6.07, 6.45) is -2.10. The van der Waals surface area contributed by atoms with E-state index in [1.54, 1.807) is 0 Å². The van der Waals surface area contributed by atoms with Crippen LogP contribution in [0.5, 0.6) is 17.5 Å². The van der Waals surface area contributed by atoms with E-state index in [4.69, 9.17) is 14.3 Å². The molecule has 0 saturated heterocycles.